The zero-order valence-corrected chi connectivity index (χ0v) is 14.2. The number of amides is 1. The Morgan fingerprint density at radius 3 is 2.61 bits per heavy atom. The van der Waals surface area contributed by atoms with Gasteiger partial charge >= 0.3 is 0 Å². The van der Waals surface area contributed by atoms with E-state index in [4.69, 9.17) is 27.9 Å². The number of hydrogen-bond acceptors (Lipinski definition) is 2. The lowest BCUT2D eigenvalue weighted by Gasteiger charge is -2.20. The van der Waals surface area contributed by atoms with Crippen LogP contribution in [0, 0.1) is 0 Å². The number of halogens is 2. The fourth-order valence-electron chi connectivity index (χ4n) is 2.80. The van der Waals surface area contributed by atoms with Gasteiger partial charge in [-0.05, 0) is 36.6 Å². The third-order valence-corrected chi connectivity index (χ3v) is 4.67. The Balaban J connectivity index is 1.75. The zero-order valence-electron chi connectivity index (χ0n) is 12.7. The molecule has 1 fully saturated rings. The monoisotopic (exact) mass is 349 g/mol. The van der Waals surface area contributed by atoms with Crippen molar-refractivity contribution in [2.24, 2.45) is 0 Å². The molecule has 1 N–H and O–H groups in total. The zero-order chi connectivity index (χ0) is 16.4. The second-order valence-electron chi connectivity index (χ2n) is 5.74. The van der Waals surface area contributed by atoms with Crippen LogP contribution in [-0.2, 0) is 16.8 Å². The van der Waals surface area contributed by atoms with E-state index in [1.165, 1.54) is 0 Å². The van der Waals surface area contributed by atoms with Gasteiger partial charge in [0.05, 0.1) is 19.1 Å². The standard InChI is InChI=1S/C18H17Cl2NO2/c1-23-16-5-3-2-4-12(16)10-17(22)21-18(8-9-18)14-7-6-13(19)11-15(14)20/h2-7,11H,8-10H2,1H3,(H,21,22). The van der Waals surface area contributed by atoms with Crippen LogP contribution in [0.5, 0.6) is 5.75 Å². The molecule has 1 saturated carbocycles. The topological polar surface area (TPSA) is 38.3 Å². The van der Waals surface area contributed by atoms with Crippen LogP contribution in [-0.4, -0.2) is 13.0 Å². The number of benzene rings is 2. The molecule has 0 aromatic heterocycles. The lowest BCUT2D eigenvalue weighted by molar-refractivity contribution is -0.121. The molecule has 2 aromatic rings. The number of rotatable bonds is 5. The Kier molecular flexibility index (Phi) is 4.51. The van der Waals surface area contributed by atoms with Crippen molar-refractivity contribution in [3.05, 3.63) is 63.6 Å². The summed E-state index contributed by atoms with van der Waals surface area (Å²) < 4.78 is 5.29. The molecule has 1 aliphatic rings. The number of para-hydroxylation sites is 1. The summed E-state index contributed by atoms with van der Waals surface area (Å²) in [4.78, 5) is 12.5. The summed E-state index contributed by atoms with van der Waals surface area (Å²) in [6, 6.07) is 12.9. The van der Waals surface area contributed by atoms with Crippen LogP contribution in [0.15, 0.2) is 42.5 Å². The molecule has 3 nitrogen and oxygen atoms in total. The molecule has 0 aliphatic heterocycles. The van der Waals surface area contributed by atoms with Crippen molar-refractivity contribution >= 4 is 29.1 Å². The van der Waals surface area contributed by atoms with E-state index in [2.05, 4.69) is 5.32 Å². The van der Waals surface area contributed by atoms with Gasteiger partial charge in [-0.15, -0.1) is 0 Å². The van der Waals surface area contributed by atoms with Gasteiger partial charge in [0.2, 0.25) is 5.91 Å². The summed E-state index contributed by atoms with van der Waals surface area (Å²) >= 11 is 12.2. The minimum atomic E-state index is -0.360. The third-order valence-electron chi connectivity index (χ3n) is 4.12. The molecule has 3 rings (SSSR count). The van der Waals surface area contributed by atoms with Gasteiger partial charge in [0.1, 0.15) is 5.75 Å². The van der Waals surface area contributed by atoms with Gasteiger partial charge in [-0.2, -0.15) is 0 Å². The summed E-state index contributed by atoms with van der Waals surface area (Å²) in [6.07, 6.45) is 2.04. The molecule has 1 amide bonds. The van der Waals surface area contributed by atoms with E-state index >= 15 is 0 Å². The van der Waals surface area contributed by atoms with Gasteiger partial charge in [0, 0.05) is 15.6 Å². The predicted molar refractivity (Wildman–Crippen MR) is 92.2 cm³/mol. The number of methoxy groups -OCH3 is 1. The average Bonchev–Trinajstić information content (AvgIpc) is 3.27. The van der Waals surface area contributed by atoms with E-state index in [1.807, 2.05) is 30.3 Å². The molecule has 0 spiro atoms. The van der Waals surface area contributed by atoms with Crippen LogP contribution in [0.4, 0.5) is 0 Å². The second-order valence-corrected chi connectivity index (χ2v) is 6.59. The highest BCUT2D eigenvalue weighted by molar-refractivity contribution is 6.35. The van der Waals surface area contributed by atoms with E-state index in [0.717, 1.165) is 29.7 Å². The largest absolute Gasteiger partial charge is 0.496 e. The first-order valence-electron chi connectivity index (χ1n) is 7.42. The van der Waals surface area contributed by atoms with Crippen molar-refractivity contribution in [1.82, 2.24) is 5.32 Å². The quantitative estimate of drug-likeness (QED) is 0.871. The maximum absolute atomic E-state index is 12.5. The molecule has 0 unspecified atom stereocenters. The van der Waals surface area contributed by atoms with Gasteiger partial charge in [-0.25, -0.2) is 0 Å². The lowest BCUT2D eigenvalue weighted by atomic mass is 10.0. The minimum absolute atomic E-state index is 0.0435. The van der Waals surface area contributed by atoms with Crippen molar-refractivity contribution in [3.63, 3.8) is 0 Å². The van der Waals surface area contributed by atoms with Gasteiger partial charge in [-0.1, -0.05) is 47.5 Å². The van der Waals surface area contributed by atoms with E-state index in [0.29, 0.717) is 10.0 Å². The van der Waals surface area contributed by atoms with Crippen LogP contribution in [0.25, 0.3) is 0 Å². The van der Waals surface area contributed by atoms with Crippen LogP contribution in [0.3, 0.4) is 0 Å². The first kappa shape index (κ1) is 16.2. The maximum atomic E-state index is 12.5. The molecular weight excluding hydrogens is 333 g/mol. The Hall–Kier alpha value is -1.71. The van der Waals surface area contributed by atoms with Crippen molar-refractivity contribution in [2.75, 3.05) is 7.11 Å². The highest BCUT2D eigenvalue weighted by atomic mass is 35.5. The molecule has 23 heavy (non-hydrogen) atoms. The number of carbonyl (C=O) groups excluding carboxylic acids is 1. The molecule has 0 radical (unpaired) electrons. The molecule has 1 aliphatic carbocycles. The van der Waals surface area contributed by atoms with Crippen molar-refractivity contribution in [1.29, 1.82) is 0 Å². The van der Waals surface area contributed by atoms with Crippen LogP contribution >= 0.6 is 23.2 Å². The molecule has 0 saturated heterocycles. The lowest BCUT2D eigenvalue weighted by Crippen LogP contribution is -2.36. The molecular formula is C18H17Cl2NO2. The van der Waals surface area contributed by atoms with Gasteiger partial charge in [0.15, 0.2) is 0 Å². The molecule has 120 valence electrons. The fourth-order valence-corrected chi connectivity index (χ4v) is 3.39. The molecule has 0 heterocycles. The maximum Gasteiger partial charge on any atom is 0.225 e. The first-order valence-corrected chi connectivity index (χ1v) is 8.18. The van der Waals surface area contributed by atoms with Crippen LogP contribution in [0.2, 0.25) is 10.0 Å². The summed E-state index contributed by atoms with van der Waals surface area (Å²) in [5.41, 5.74) is 1.43. The number of hydrogen-bond donors (Lipinski definition) is 1. The SMILES string of the molecule is COc1ccccc1CC(=O)NC1(c2ccc(Cl)cc2Cl)CC1. The highest BCUT2D eigenvalue weighted by Crippen LogP contribution is 2.48. The molecule has 0 atom stereocenters. The van der Waals surface area contributed by atoms with Gasteiger partial charge < -0.3 is 10.1 Å². The summed E-state index contributed by atoms with van der Waals surface area (Å²) in [6.45, 7) is 0. The first-order chi connectivity index (χ1) is 11.0. The van der Waals surface area contributed by atoms with Crippen molar-refractivity contribution in [3.8, 4) is 5.75 Å². The van der Waals surface area contributed by atoms with E-state index in [9.17, 15) is 4.79 Å². The summed E-state index contributed by atoms with van der Waals surface area (Å²) in [5, 5.41) is 4.30. The number of carbonyl (C=O) groups is 1. The molecule has 0 bridgehead atoms. The highest BCUT2D eigenvalue weighted by Gasteiger charge is 2.46. The van der Waals surface area contributed by atoms with Crippen molar-refractivity contribution in [2.45, 2.75) is 24.8 Å². The Morgan fingerprint density at radius 1 is 1.22 bits per heavy atom. The number of nitrogens with one attached hydrogen (secondary N) is 1. The van der Waals surface area contributed by atoms with Gasteiger partial charge in [-0.3, -0.25) is 4.79 Å². The van der Waals surface area contributed by atoms with Crippen LogP contribution in [0.1, 0.15) is 24.0 Å². The normalized spacial score (nSPS) is 15.1. The summed E-state index contributed by atoms with van der Waals surface area (Å²) in [5.74, 6) is 0.676. The van der Waals surface area contributed by atoms with Crippen molar-refractivity contribution < 1.29 is 9.53 Å². The summed E-state index contributed by atoms with van der Waals surface area (Å²) in [7, 11) is 1.60. The Labute approximate surface area is 145 Å². The van der Waals surface area contributed by atoms with Gasteiger partial charge in [0.25, 0.3) is 0 Å². The Bertz CT molecular complexity index is 742. The second kappa shape index (κ2) is 6.42. The minimum Gasteiger partial charge on any atom is -0.496 e. The average molecular weight is 350 g/mol. The number of ether oxygens (including phenoxy) is 1. The Morgan fingerprint density at radius 2 is 1.96 bits per heavy atom. The molecule has 2 aromatic carbocycles. The smallest absolute Gasteiger partial charge is 0.225 e. The van der Waals surface area contributed by atoms with E-state index < -0.39 is 0 Å². The fraction of sp³-hybridized carbons (Fsp3) is 0.278. The van der Waals surface area contributed by atoms with Crippen LogP contribution < -0.4 is 10.1 Å². The third kappa shape index (κ3) is 3.46. The van der Waals surface area contributed by atoms with E-state index in [1.54, 1.807) is 19.2 Å². The molecule has 5 heteroatoms. The van der Waals surface area contributed by atoms with E-state index in [-0.39, 0.29) is 17.9 Å². The predicted octanol–water partition coefficient (Wildman–Crippen LogP) is 4.35.